The lowest BCUT2D eigenvalue weighted by molar-refractivity contribution is 0.341. The summed E-state index contributed by atoms with van der Waals surface area (Å²) in [5.41, 5.74) is 5.61. The number of methoxy groups -OCH3 is 1. The summed E-state index contributed by atoms with van der Waals surface area (Å²) in [6, 6.07) is 7.45. The molecule has 102 valence electrons. The first kappa shape index (κ1) is 15.0. The smallest absolute Gasteiger partial charge is 0.119 e. The fourth-order valence-electron chi connectivity index (χ4n) is 1.34. The molecule has 1 aromatic rings. The maximum Gasteiger partial charge on any atom is 0.119 e. The van der Waals surface area contributed by atoms with E-state index in [1.165, 1.54) is 0 Å². The van der Waals surface area contributed by atoms with Crippen molar-refractivity contribution in [2.75, 3.05) is 25.2 Å². The van der Waals surface area contributed by atoms with Crippen LogP contribution in [0, 0.1) is 0 Å². The summed E-state index contributed by atoms with van der Waals surface area (Å²) in [7, 11) is 0.773. The zero-order valence-corrected chi connectivity index (χ0v) is 11.7. The van der Waals surface area contributed by atoms with Gasteiger partial charge in [0.2, 0.25) is 0 Å². The van der Waals surface area contributed by atoms with Crippen molar-refractivity contribution < 1.29 is 13.7 Å². The molecule has 0 aliphatic rings. The molecule has 0 saturated heterocycles. The minimum atomic E-state index is -0.850. The molecule has 0 aliphatic carbocycles. The number of hydrogen-bond acceptors (Lipinski definition) is 4. The maximum atomic E-state index is 11.6. The number of rotatable bonds is 8. The molecule has 2 unspecified atom stereocenters. The topological polar surface area (TPSA) is 61.5 Å². The van der Waals surface area contributed by atoms with Gasteiger partial charge in [0.15, 0.2) is 0 Å². The van der Waals surface area contributed by atoms with Crippen molar-refractivity contribution >= 4 is 10.8 Å². The van der Waals surface area contributed by atoms with Gasteiger partial charge in [-0.05, 0) is 37.6 Å². The predicted molar refractivity (Wildman–Crippen MR) is 74.6 cm³/mol. The van der Waals surface area contributed by atoms with Gasteiger partial charge in [-0.25, -0.2) is 0 Å². The van der Waals surface area contributed by atoms with Crippen molar-refractivity contribution in [3.05, 3.63) is 24.3 Å². The lowest BCUT2D eigenvalue weighted by Gasteiger charge is -2.08. The average Bonchev–Trinajstić information content (AvgIpc) is 2.37. The Morgan fingerprint density at radius 3 is 2.39 bits per heavy atom. The summed E-state index contributed by atoms with van der Waals surface area (Å²) in [6.45, 7) is 2.38. The molecule has 0 radical (unpaired) electrons. The second-order valence-electron chi connectivity index (χ2n) is 4.14. The van der Waals surface area contributed by atoms with E-state index in [0.717, 1.165) is 17.9 Å². The Labute approximate surface area is 111 Å². The third-order valence-corrected chi connectivity index (χ3v) is 3.75. The van der Waals surface area contributed by atoms with E-state index >= 15 is 0 Å². The zero-order chi connectivity index (χ0) is 13.4. The highest BCUT2D eigenvalue weighted by Gasteiger charge is 2.03. The molecular formula is C13H21NO3S. The molecule has 0 spiro atoms. The van der Waals surface area contributed by atoms with Gasteiger partial charge in [0.25, 0.3) is 0 Å². The van der Waals surface area contributed by atoms with Crippen molar-refractivity contribution in [1.82, 2.24) is 0 Å². The molecule has 0 aromatic heterocycles. The van der Waals surface area contributed by atoms with Gasteiger partial charge in [-0.3, -0.25) is 4.21 Å². The molecule has 0 aliphatic heterocycles. The van der Waals surface area contributed by atoms with Crippen LogP contribution in [-0.2, 0) is 10.8 Å². The van der Waals surface area contributed by atoms with E-state index in [2.05, 4.69) is 0 Å². The van der Waals surface area contributed by atoms with Crippen LogP contribution in [-0.4, -0.2) is 35.5 Å². The molecule has 5 heteroatoms. The Morgan fingerprint density at radius 1 is 1.22 bits per heavy atom. The van der Waals surface area contributed by atoms with Crippen LogP contribution in [0.3, 0.4) is 0 Å². The summed E-state index contributed by atoms with van der Waals surface area (Å²) in [6.07, 6.45) is 0.787. The van der Waals surface area contributed by atoms with Gasteiger partial charge in [-0.15, -0.1) is 0 Å². The van der Waals surface area contributed by atoms with Crippen molar-refractivity contribution in [3.8, 4) is 11.5 Å². The molecule has 1 rings (SSSR count). The molecule has 18 heavy (non-hydrogen) atoms. The summed E-state index contributed by atoms with van der Waals surface area (Å²) in [5.74, 6) is 2.74. The van der Waals surface area contributed by atoms with Gasteiger partial charge in [0.05, 0.1) is 19.5 Å². The third kappa shape index (κ3) is 6.02. The number of nitrogens with two attached hydrogens (primary N) is 1. The van der Waals surface area contributed by atoms with Crippen molar-refractivity contribution in [3.63, 3.8) is 0 Å². The first-order valence-electron chi connectivity index (χ1n) is 5.99. The minimum absolute atomic E-state index is 0.108. The van der Waals surface area contributed by atoms with Crippen molar-refractivity contribution in [1.29, 1.82) is 0 Å². The molecule has 0 saturated carbocycles. The van der Waals surface area contributed by atoms with Gasteiger partial charge >= 0.3 is 0 Å². The normalized spacial score (nSPS) is 13.9. The van der Waals surface area contributed by atoms with E-state index < -0.39 is 10.8 Å². The first-order chi connectivity index (χ1) is 8.61. The van der Waals surface area contributed by atoms with Crippen molar-refractivity contribution in [2.24, 2.45) is 5.73 Å². The van der Waals surface area contributed by atoms with Gasteiger partial charge in [0.1, 0.15) is 11.5 Å². The zero-order valence-electron chi connectivity index (χ0n) is 10.9. The van der Waals surface area contributed by atoms with E-state index in [4.69, 9.17) is 15.2 Å². The fourth-order valence-corrected chi connectivity index (χ4v) is 2.45. The number of benzene rings is 1. The molecule has 2 atom stereocenters. The summed E-state index contributed by atoms with van der Waals surface area (Å²) in [5, 5.41) is 0. The second kappa shape index (κ2) is 8.11. The highest BCUT2D eigenvalue weighted by Crippen LogP contribution is 2.16. The fraction of sp³-hybridized carbons (Fsp3) is 0.538. The Hall–Kier alpha value is -1.07. The van der Waals surface area contributed by atoms with E-state index in [-0.39, 0.29) is 6.04 Å². The Kier molecular flexibility index (Phi) is 6.75. The van der Waals surface area contributed by atoms with Crippen molar-refractivity contribution in [2.45, 2.75) is 19.4 Å². The van der Waals surface area contributed by atoms with E-state index in [1.54, 1.807) is 7.11 Å². The van der Waals surface area contributed by atoms with Crippen LogP contribution in [0.1, 0.15) is 13.3 Å². The summed E-state index contributed by atoms with van der Waals surface area (Å²) < 4.78 is 22.1. The number of hydrogen-bond donors (Lipinski definition) is 1. The van der Waals surface area contributed by atoms with Gasteiger partial charge in [0, 0.05) is 22.6 Å². The van der Waals surface area contributed by atoms with Gasteiger partial charge in [-0.1, -0.05) is 0 Å². The molecule has 0 bridgehead atoms. The minimum Gasteiger partial charge on any atom is -0.497 e. The molecular weight excluding hydrogens is 250 g/mol. The standard InChI is InChI=1S/C13H21NO3S/c1-11(14)7-9-18(15)10-8-17-13-5-3-12(16-2)4-6-13/h3-6,11H,7-10,14H2,1-2H3. The van der Waals surface area contributed by atoms with E-state index in [0.29, 0.717) is 18.1 Å². The molecule has 4 nitrogen and oxygen atoms in total. The highest BCUT2D eigenvalue weighted by atomic mass is 32.2. The first-order valence-corrected chi connectivity index (χ1v) is 7.48. The summed E-state index contributed by atoms with van der Waals surface area (Å²) >= 11 is 0. The Bertz CT molecular complexity index is 365. The average molecular weight is 271 g/mol. The van der Waals surface area contributed by atoms with Crippen LogP contribution >= 0.6 is 0 Å². The monoisotopic (exact) mass is 271 g/mol. The predicted octanol–water partition coefficient (Wildman–Crippen LogP) is 1.56. The van der Waals surface area contributed by atoms with Crippen LogP contribution in [0.15, 0.2) is 24.3 Å². The largest absolute Gasteiger partial charge is 0.497 e. The lowest BCUT2D eigenvalue weighted by atomic mass is 10.3. The van der Waals surface area contributed by atoms with Crippen LogP contribution in [0.25, 0.3) is 0 Å². The lowest BCUT2D eigenvalue weighted by Crippen LogP contribution is -2.20. The molecule has 2 N–H and O–H groups in total. The SMILES string of the molecule is COc1ccc(OCCS(=O)CCC(C)N)cc1. The van der Waals surface area contributed by atoms with Crippen LogP contribution in [0.5, 0.6) is 11.5 Å². The quantitative estimate of drug-likeness (QED) is 0.779. The Morgan fingerprint density at radius 2 is 1.83 bits per heavy atom. The maximum absolute atomic E-state index is 11.6. The number of ether oxygens (including phenoxy) is 2. The van der Waals surface area contributed by atoms with Crippen LogP contribution < -0.4 is 15.2 Å². The Balaban J connectivity index is 2.22. The van der Waals surface area contributed by atoms with Gasteiger partial charge in [-0.2, -0.15) is 0 Å². The third-order valence-electron chi connectivity index (χ3n) is 2.44. The summed E-state index contributed by atoms with van der Waals surface area (Å²) in [4.78, 5) is 0. The van der Waals surface area contributed by atoms with E-state index in [9.17, 15) is 4.21 Å². The van der Waals surface area contributed by atoms with E-state index in [1.807, 2.05) is 31.2 Å². The second-order valence-corrected chi connectivity index (χ2v) is 5.83. The molecule has 0 heterocycles. The van der Waals surface area contributed by atoms with Gasteiger partial charge < -0.3 is 15.2 Å². The van der Waals surface area contributed by atoms with Crippen LogP contribution in [0.2, 0.25) is 0 Å². The molecule has 0 amide bonds. The molecule has 1 aromatic carbocycles. The molecule has 0 fully saturated rings. The van der Waals surface area contributed by atoms with Crippen LogP contribution in [0.4, 0.5) is 0 Å². The highest BCUT2D eigenvalue weighted by molar-refractivity contribution is 7.84.